The van der Waals surface area contributed by atoms with E-state index >= 15 is 0 Å². The van der Waals surface area contributed by atoms with Crippen molar-refractivity contribution >= 4 is 40.5 Å². The van der Waals surface area contributed by atoms with E-state index in [1.165, 1.54) is 0 Å². The molecule has 0 aromatic carbocycles. The molecular formula is C18H19N7OS2. The smallest absolute Gasteiger partial charge is 0.252 e. The second kappa shape index (κ2) is 7.28. The Kier molecular flexibility index (Phi) is 4.82. The molecule has 8 nitrogen and oxygen atoms in total. The van der Waals surface area contributed by atoms with E-state index in [2.05, 4.69) is 20.6 Å². The molecular weight excluding hydrogens is 394 g/mol. The fourth-order valence-electron chi connectivity index (χ4n) is 3.24. The summed E-state index contributed by atoms with van der Waals surface area (Å²) in [5, 5.41) is 17.1. The fourth-order valence-corrected chi connectivity index (χ4v) is 4.21. The maximum absolute atomic E-state index is 13.1. The number of aryl methyl sites for hydroxylation is 2. The molecule has 28 heavy (non-hydrogen) atoms. The molecule has 0 aliphatic carbocycles. The molecule has 2 N–H and O–H groups in total. The SMILES string of the molecule is CCn1c(CNC(=O)c2cc(-c3cccs3)nc3c2c(C)nn3C)n[nH]c1=S. The van der Waals surface area contributed by atoms with E-state index in [0.29, 0.717) is 28.4 Å². The van der Waals surface area contributed by atoms with E-state index in [1.807, 2.05) is 49.0 Å². The van der Waals surface area contributed by atoms with Crippen molar-refractivity contribution in [1.82, 2.24) is 34.8 Å². The number of carbonyl (C=O) groups excluding carboxylic acids is 1. The number of aromatic amines is 1. The number of nitrogens with zero attached hydrogens (tertiary/aromatic N) is 5. The van der Waals surface area contributed by atoms with Gasteiger partial charge in [0, 0.05) is 13.6 Å². The van der Waals surface area contributed by atoms with Crippen molar-refractivity contribution in [2.75, 3.05) is 0 Å². The van der Waals surface area contributed by atoms with Crippen LogP contribution in [0.2, 0.25) is 0 Å². The summed E-state index contributed by atoms with van der Waals surface area (Å²) in [6.45, 7) is 4.82. The van der Waals surface area contributed by atoms with Crippen molar-refractivity contribution in [3.05, 3.63) is 45.4 Å². The standard InChI is InChI=1S/C18H19N7OS2/c1-4-25-14(21-22-18(25)27)9-19-17(26)11-8-12(13-6-5-7-28-13)20-16-15(11)10(2)23-24(16)3/h5-8H,4,9H2,1-3H3,(H,19,26)(H,22,27). The van der Waals surface area contributed by atoms with Crippen LogP contribution in [-0.2, 0) is 20.1 Å². The number of hydrogen-bond donors (Lipinski definition) is 2. The van der Waals surface area contributed by atoms with Gasteiger partial charge in [0.25, 0.3) is 5.91 Å². The normalized spacial score (nSPS) is 11.2. The zero-order valence-corrected chi connectivity index (χ0v) is 17.3. The molecule has 0 aliphatic rings. The third-order valence-corrected chi connectivity index (χ3v) is 5.75. The first-order valence-corrected chi connectivity index (χ1v) is 10.1. The van der Waals surface area contributed by atoms with Gasteiger partial charge in [-0.2, -0.15) is 10.2 Å². The summed E-state index contributed by atoms with van der Waals surface area (Å²) in [5.74, 6) is 0.491. The Morgan fingerprint density at radius 3 is 2.96 bits per heavy atom. The number of fused-ring (bicyclic) bond motifs is 1. The molecule has 0 unspecified atom stereocenters. The molecule has 0 saturated heterocycles. The monoisotopic (exact) mass is 413 g/mol. The number of aromatic nitrogens is 6. The van der Waals surface area contributed by atoms with Gasteiger partial charge in [0.15, 0.2) is 16.2 Å². The maximum atomic E-state index is 13.1. The van der Waals surface area contributed by atoms with Crippen LogP contribution >= 0.6 is 23.6 Å². The van der Waals surface area contributed by atoms with Crippen molar-refractivity contribution in [3.63, 3.8) is 0 Å². The van der Waals surface area contributed by atoms with Crippen LogP contribution in [0.25, 0.3) is 21.6 Å². The second-order valence-electron chi connectivity index (χ2n) is 6.31. The van der Waals surface area contributed by atoms with Gasteiger partial charge in [0.2, 0.25) is 0 Å². The molecule has 4 heterocycles. The van der Waals surface area contributed by atoms with Crippen molar-refractivity contribution in [2.45, 2.75) is 26.9 Å². The third-order valence-electron chi connectivity index (χ3n) is 4.55. The number of amides is 1. The lowest BCUT2D eigenvalue weighted by Crippen LogP contribution is -2.25. The molecule has 0 bridgehead atoms. The number of pyridine rings is 1. The van der Waals surface area contributed by atoms with Gasteiger partial charge in [-0.1, -0.05) is 6.07 Å². The molecule has 10 heteroatoms. The largest absolute Gasteiger partial charge is 0.345 e. The minimum absolute atomic E-state index is 0.196. The van der Waals surface area contributed by atoms with Crippen LogP contribution in [0.15, 0.2) is 23.6 Å². The van der Waals surface area contributed by atoms with E-state index in [9.17, 15) is 4.79 Å². The first-order chi connectivity index (χ1) is 13.5. The Bertz CT molecular complexity index is 1220. The number of rotatable bonds is 5. The van der Waals surface area contributed by atoms with Gasteiger partial charge in [-0.25, -0.2) is 4.98 Å². The molecule has 4 aromatic rings. The quantitative estimate of drug-likeness (QED) is 0.490. The second-order valence-corrected chi connectivity index (χ2v) is 7.65. The van der Waals surface area contributed by atoms with E-state index in [4.69, 9.17) is 17.2 Å². The number of hydrogen-bond acceptors (Lipinski definition) is 6. The molecule has 4 aromatic heterocycles. The zero-order chi connectivity index (χ0) is 19.8. The van der Waals surface area contributed by atoms with E-state index in [1.54, 1.807) is 16.0 Å². The summed E-state index contributed by atoms with van der Waals surface area (Å²) in [4.78, 5) is 18.8. The van der Waals surface area contributed by atoms with Gasteiger partial charge < -0.3 is 9.88 Å². The predicted octanol–water partition coefficient (Wildman–Crippen LogP) is 3.21. The van der Waals surface area contributed by atoms with Crippen LogP contribution in [0.3, 0.4) is 0 Å². The Morgan fingerprint density at radius 1 is 1.43 bits per heavy atom. The van der Waals surface area contributed by atoms with Crippen molar-refractivity contribution in [3.8, 4) is 10.6 Å². The number of nitrogens with one attached hydrogen (secondary N) is 2. The number of thiophene rings is 1. The Labute approximate surface area is 170 Å². The van der Waals surface area contributed by atoms with Crippen LogP contribution in [-0.4, -0.2) is 35.4 Å². The summed E-state index contributed by atoms with van der Waals surface area (Å²) in [7, 11) is 1.83. The highest BCUT2D eigenvalue weighted by molar-refractivity contribution is 7.71. The Balaban J connectivity index is 1.74. The topological polar surface area (TPSA) is 93.4 Å². The van der Waals surface area contributed by atoms with Crippen LogP contribution in [0.4, 0.5) is 0 Å². The van der Waals surface area contributed by atoms with Crippen molar-refractivity contribution < 1.29 is 4.79 Å². The first-order valence-electron chi connectivity index (χ1n) is 8.80. The van der Waals surface area contributed by atoms with Gasteiger partial charge in [-0.15, -0.1) is 11.3 Å². The Hall–Kier alpha value is -2.85. The minimum atomic E-state index is -0.196. The highest BCUT2D eigenvalue weighted by Crippen LogP contribution is 2.29. The molecule has 1 amide bonds. The summed E-state index contributed by atoms with van der Waals surface area (Å²) in [6, 6.07) is 5.78. The minimum Gasteiger partial charge on any atom is -0.345 e. The van der Waals surface area contributed by atoms with Crippen molar-refractivity contribution in [2.24, 2.45) is 7.05 Å². The highest BCUT2D eigenvalue weighted by Gasteiger charge is 2.20. The molecule has 0 radical (unpaired) electrons. The van der Waals surface area contributed by atoms with Crippen molar-refractivity contribution in [1.29, 1.82) is 0 Å². The summed E-state index contributed by atoms with van der Waals surface area (Å²) in [5.41, 5.74) is 2.76. The predicted molar refractivity (Wildman–Crippen MR) is 111 cm³/mol. The average molecular weight is 414 g/mol. The average Bonchev–Trinajstić information content (AvgIpc) is 3.40. The molecule has 0 spiro atoms. The van der Waals surface area contributed by atoms with Gasteiger partial charge in [-0.05, 0) is 43.6 Å². The van der Waals surface area contributed by atoms with Crippen LogP contribution in [0, 0.1) is 11.7 Å². The molecule has 0 atom stereocenters. The third kappa shape index (κ3) is 3.14. The Morgan fingerprint density at radius 2 is 2.25 bits per heavy atom. The molecule has 0 saturated carbocycles. The highest BCUT2D eigenvalue weighted by atomic mass is 32.1. The van der Waals surface area contributed by atoms with Crippen LogP contribution < -0.4 is 5.32 Å². The molecule has 144 valence electrons. The number of H-pyrrole nitrogens is 1. The van der Waals surface area contributed by atoms with Gasteiger partial charge in [0.1, 0.15) is 0 Å². The lowest BCUT2D eigenvalue weighted by atomic mass is 10.1. The summed E-state index contributed by atoms with van der Waals surface area (Å²) in [6.07, 6.45) is 0. The molecule has 0 aliphatic heterocycles. The summed E-state index contributed by atoms with van der Waals surface area (Å²) >= 11 is 6.79. The molecule has 4 rings (SSSR count). The fraction of sp³-hybridized carbons (Fsp3) is 0.278. The zero-order valence-electron chi connectivity index (χ0n) is 15.7. The van der Waals surface area contributed by atoms with Gasteiger partial charge in [0.05, 0.1) is 33.8 Å². The van der Waals surface area contributed by atoms with E-state index in [-0.39, 0.29) is 12.5 Å². The van der Waals surface area contributed by atoms with Crippen LogP contribution in [0.1, 0.15) is 28.8 Å². The number of carbonyl (C=O) groups is 1. The summed E-state index contributed by atoms with van der Waals surface area (Å²) < 4.78 is 4.10. The molecule has 0 fully saturated rings. The van der Waals surface area contributed by atoms with E-state index in [0.717, 1.165) is 21.7 Å². The lowest BCUT2D eigenvalue weighted by Gasteiger charge is -2.09. The first kappa shape index (κ1) is 18.5. The van der Waals surface area contributed by atoms with Gasteiger partial charge >= 0.3 is 0 Å². The van der Waals surface area contributed by atoms with Crippen LogP contribution in [0.5, 0.6) is 0 Å². The lowest BCUT2D eigenvalue weighted by molar-refractivity contribution is 0.0951. The van der Waals surface area contributed by atoms with E-state index < -0.39 is 0 Å². The maximum Gasteiger partial charge on any atom is 0.252 e. The van der Waals surface area contributed by atoms with Gasteiger partial charge in [-0.3, -0.25) is 14.6 Å².